The molecule has 1 nitrogen and oxygen atoms in total. The van der Waals surface area contributed by atoms with E-state index < -0.39 is 0 Å². The molecule has 16 heavy (non-hydrogen) atoms. The molecule has 0 aliphatic carbocycles. The molecule has 0 saturated carbocycles. The first kappa shape index (κ1) is 13.9. The van der Waals surface area contributed by atoms with Gasteiger partial charge in [0.15, 0.2) is 0 Å². The molecule has 3 heteroatoms. The molecule has 2 atom stereocenters. The Balaban J connectivity index is 2.32. The lowest BCUT2D eigenvalue weighted by Crippen LogP contribution is -2.14. The molecule has 0 amide bonds. The summed E-state index contributed by atoms with van der Waals surface area (Å²) in [5, 5.41) is 0.221. The average molecular weight is 306 g/mol. The summed E-state index contributed by atoms with van der Waals surface area (Å²) in [5.74, 6) is 1.46. The van der Waals surface area contributed by atoms with Crippen molar-refractivity contribution in [2.24, 2.45) is 5.92 Å². The van der Waals surface area contributed by atoms with Crippen LogP contribution < -0.4 is 4.74 Å². The van der Waals surface area contributed by atoms with E-state index in [-0.39, 0.29) is 5.38 Å². The molecule has 90 valence electrons. The largest absolute Gasteiger partial charge is 0.494 e. The average Bonchev–Trinajstić information content (AvgIpc) is 2.26. The van der Waals surface area contributed by atoms with Gasteiger partial charge in [0, 0.05) is 9.85 Å². The number of ether oxygens (including phenoxy) is 1. The van der Waals surface area contributed by atoms with Gasteiger partial charge in [0.2, 0.25) is 0 Å². The summed E-state index contributed by atoms with van der Waals surface area (Å²) >= 11 is 9.48. The monoisotopic (exact) mass is 304 g/mol. The summed E-state index contributed by atoms with van der Waals surface area (Å²) in [7, 11) is 0. The van der Waals surface area contributed by atoms with E-state index in [1.165, 1.54) is 0 Å². The fraction of sp³-hybridized carbons (Fsp3) is 0.538. The maximum Gasteiger partial charge on any atom is 0.119 e. The van der Waals surface area contributed by atoms with Crippen molar-refractivity contribution < 1.29 is 4.74 Å². The summed E-state index contributed by atoms with van der Waals surface area (Å²) in [4.78, 5) is 0. The van der Waals surface area contributed by atoms with Crippen molar-refractivity contribution in [3.05, 3.63) is 28.7 Å². The Morgan fingerprint density at radius 3 is 2.44 bits per heavy atom. The Kier molecular flexibility index (Phi) is 6.22. The van der Waals surface area contributed by atoms with Gasteiger partial charge in [-0.15, -0.1) is 11.6 Å². The van der Waals surface area contributed by atoms with Crippen molar-refractivity contribution in [1.29, 1.82) is 0 Å². The minimum atomic E-state index is 0.221. The summed E-state index contributed by atoms with van der Waals surface area (Å²) in [6.45, 7) is 4.95. The molecule has 2 unspecified atom stereocenters. The summed E-state index contributed by atoms with van der Waals surface area (Å²) in [5.41, 5.74) is 0. The fourth-order valence-electron chi connectivity index (χ4n) is 1.62. The van der Waals surface area contributed by atoms with E-state index >= 15 is 0 Å². The Hall–Kier alpha value is -0.210. The molecule has 0 spiro atoms. The van der Waals surface area contributed by atoms with Crippen LogP contribution in [0.5, 0.6) is 5.75 Å². The zero-order valence-corrected chi connectivity index (χ0v) is 12.1. The maximum absolute atomic E-state index is 6.08. The Bertz CT molecular complexity index is 297. The van der Waals surface area contributed by atoms with Gasteiger partial charge in [-0.25, -0.2) is 0 Å². The molecular weight excluding hydrogens is 287 g/mol. The second-order valence-corrected chi connectivity index (χ2v) is 5.54. The van der Waals surface area contributed by atoms with Crippen LogP contribution in [0, 0.1) is 5.92 Å². The zero-order chi connectivity index (χ0) is 12.0. The van der Waals surface area contributed by atoms with E-state index in [4.69, 9.17) is 16.3 Å². The first-order valence-electron chi connectivity index (χ1n) is 5.66. The van der Waals surface area contributed by atoms with E-state index in [0.29, 0.717) is 5.92 Å². The van der Waals surface area contributed by atoms with Gasteiger partial charge in [0.1, 0.15) is 5.75 Å². The topological polar surface area (TPSA) is 9.23 Å². The number of hydrogen-bond donors (Lipinski definition) is 0. The lowest BCUT2D eigenvalue weighted by molar-refractivity contribution is 0.273. The van der Waals surface area contributed by atoms with E-state index in [0.717, 1.165) is 29.7 Å². The van der Waals surface area contributed by atoms with Crippen molar-refractivity contribution in [3.63, 3.8) is 0 Å². The lowest BCUT2D eigenvalue weighted by Gasteiger charge is -2.17. The third-order valence-electron chi connectivity index (χ3n) is 2.74. The highest BCUT2D eigenvalue weighted by molar-refractivity contribution is 9.10. The Morgan fingerprint density at radius 2 is 1.94 bits per heavy atom. The van der Waals surface area contributed by atoms with Gasteiger partial charge in [-0.3, -0.25) is 0 Å². The second-order valence-electron chi connectivity index (χ2n) is 3.94. The highest BCUT2D eigenvalue weighted by atomic mass is 79.9. The molecular formula is C13H18BrClO. The van der Waals surface area contributed by atoms with Crippen LogP contribution in [0.4, 0.5) is 0 Å². The third kappa shape index (κ3) is 4.75. The first-order chi connectivity index (χ1) is 7.63. The van der Waals surface area contributed by atoms with Crippen molar-refractivity contribution in [1.82, 2.24) is 0 Å². The quantitative estimate of drug-likeness (QED) is 0.681. The number of alkyl halides is 1. The minimum Gasteiger partial charge on any atom is -0.494 e. The lowest BCUT2D eigenvalue weighted by atomic mass is 10.00. The van der Waals surface area contributed by atoms with Crippen molar-refractivity contribution in [2.75, 3.05) is 6.61 Å². The molecule has 0 N–H and O–H groups in total. The van der Waals surface area contributed by atoms with Crippen LogP contribution in [0.1, 0.15) is 26.7 Å². The fourth-order valence-corrected chi connectivity index (χ4v) is 2.19. The van der Waals surface area contributed by atoms with Gasteiger partial charge in [-0.05, 0) is 43.5 Å². The van der Waals surface area contributed by atoms with Gasteiger partial charge >= 0.3 is 0 Å². The molecule has 1 rings (SSSR count). The van der Waals surface area contributed by atoms with E-state index in [2.05, 4.69) is 29.8 Å². The highest BCUT2D eigenvalue weighted by Gasteiger charge is 2.12. The van der Waals surface area contributed by atoms with Crippen molar-refractivity contribution >= 4 is 27.5 Å². The van der Waals surface area contributed by atoms with Gasteiger partial charge < -0.3 is 4.74 Å². The van der Waals surface area contributed by atoms with Crippen LogP contribution in [0.15, 0.2) is 28.7 Å². The highest BCUT2D eigenvalue weighted by Crippen LogP contribution is 2.20. The van der Waals surface area contributed by atoms with Gasteiger partial charge in [-0.1, -0.05) is 29.3 Å². The predicted molar refractivity (Wildman–Crippen MR) is 73.4 cm³/mol. The number of halogens is 2. The van der Waals surface area contributed by atoms with E-state index in [9.17, 15) is 0 Å². The molecule has 1 aromatic carbocycles. The van der Waals surface area contributed by atoms with Crippen LogP contribution in [0.25, 0.3) is 0 Å². The Labute approximate surface area is 111 Å². The molecule has 0 heterocycles. The maximum atomic E-state index is 6.08. The Morgan fingerprint density at radius 1 is 1.31 bits per heavy atom. The van der Waals surface area contributed by atoms with Gasteiger partial charge in [-0.2, -0.15) is 0 Å². The normalized spacial score (nSPS) is 14.5. The van der Waals surface area contributed by atoms with Crippen LogP contribution in [0.3, 0.4) is 0 Å². The van der Waals surface area contributed by atoms with Crippen LogP contribution >= 0.6 is 27.5 Å². The summed E-state index contributed by atoms with van der Waals surface area (Å²) in [6, 6.07) is 7.90. The summed E-state index contributed by atoms with van der Waals surface area (Å²) < 4.78 is 6.73. The molecule has 0 aliphatic rings. The minimum absolute atomic E-state index is 0.221. The number of rotatable bonds is 6. The third-order valence-corrected chi connectivity index (χ3v) is 3.63. The molecule has 1 aromatic rings. The number of hydrogen-bond acceptors (Lipinski definition) is 1. The van der Waals surface area contributed by atoms with E-state index in [1.54, 1.807) is 0 Å². The second kappa shape index (κ2) is 7.18. The smallest absolute Gasteiger partial charge is 0.119 e. The first-order valence-corrected chi connectivity index (χ1v) is 6.89. The molecule has 0 saturated heterocycles. The standard InChI is InChI=1S/C13H18BrClO/c1-3-11(10(2)15)8-9-16-13-6-4-12(14)5-7-13/h4-7,10-11H,3,8-9H2,1-2H3. The molecule has 0 radical (unpaired) electrons. The van der Waals surface area contributed by atoms with E-state index in [1.807, 2.05) is 24.3 Å². The van der Waals surface area contributed by atoms with Gasteiger partial charge in [0.25, 0.3) is 0 Å². The van der Waals surface area contributed by atoms with Crippen molar-refractivity contribution in [3.8, 4) is 5.75 Å². The summed E-state index contributed by atoms with van der Waals surface area (Å²) in [6.07, 6.45) is 2.12. The predicted octanol–water partition coefficient (Wildman–Crippen LogP) is 4.87. The molecule has 0 aromatic heterocycles. The SMILES string of the molecule is CCC(CCOc1ccc(Br)cc1)C(C)Cl. The molecule has 0 aliphatic heterocycles. The number of benzene rings is 1. The van der Waals surface area contributed by atoms with Crippen LogP contribution in [-0.4, -0.2) is 12.0 Å². The zero-order valence-electron chi connectivity index (χ0n) is 9.75. The van der Waals surface area contributed by atoms with Crippen molar-refractivity contribution in [2.45, 2.75) is 32.1 Å². The van der Waals surface area contributed by atoms with Gasteiger partial charge in [0.05, 0.1) is 6.61 Å². The van der Waals surface area contributed by atoms with Crippen LogP contribution in [-0.2, 0) is 0 Å². The van der Waals surface area contributed by atoms with Crippen LogP contribution in [0.2, 0.25) is 0 Å². The molecule has 0 fully saturated rings. The molecule has 0 bridgehead atoms.